The van der Waals surface area contributed by atoms with Crippen LogP contribution in [0, 0.1) is 0 Å². The monoisotopic (exact) mass is 242 g/mol. The van der Waals surface area contributed by atoms with Gasteiger partial charge in [0.05, 0.1) is 12.9 Å². The Bertz CT molecular complexity index is 354. The van der Waals surface area contributed by atoms with Crippen molar-refractivity contribution < 1.29 is 73.9 Å². The summed E-state index contributed by atoms with van der Waals surface area (Å²) in [4.78, 5) is 10.3. The largest absolute Gasteiger partial charge is 1.00 e. The zero-order valence-corrected chi connectivity index (χ0v) is 11.5. The summed E-state index contributed by atoms with van der Waals surface area (Å²) in [5, 5.41) is 0. The van der Waals surface area contributed by atoms with Crippen LogP contribution in [0.4, 0.5) is 12.9 Å². The fourth-order valence-corrected chi connectivity index (χ4v) is 1.07. The predicted octanol–water partition coefficient (Wildman–Crippen LogP) is -1.43. The molecule has 7 heteroatoms. The van der Waals surface area contributed by atoms with Gasteiger partial charge in [-0.3, -0.25) is 4.79 Å². The number of aldehydes is 1. The molecule has 0 radical (unpaired) electrons. The molecule has 0 aliphatic heterocycles. The Hall–Kier alpha value is 0.181. The maximum Gasteiger partial charge on any atom is 1.00 e. The van der Waals surface area contributed by atoms with E-state index in [0.29, 0.717) is 6.29 Å². The van der Waals surface area contributed by atoms with Crippen LogP contribution in [0.5, 0.6) is 5.75 Å². The van der Waals surface area contributed by atoms with Crippen LogP contribution in [-0.4, -0.2) is 20.4 Å². The molecule has 0 atom stereocenters. The van der Waals surface area contributed by atoms with Crippen molar-refractivity contribution in [1.29, 1.82) is 0 Å². The predicted molar refractivity (Wildman–Crippen MR) is 47.1 cm³/mol. The molecular weight excluding hydrogens is 235 g/mol. The number of rotatable bonds is 3. The molecule has 0 aromatic heterocycles. The molecule has 0 amide bonds. The molecular formula is C8H7BF3KO2. The summed E-state index contributed by atoms with van der Waals surface area (Å²) in [7, 11) is 1.13. The Morgan fingerprint density at radius 3 is 2.33 bits per heavy atom. The van der Waals surface area contributed by atoms with Crippen LogP contribution >= 0.6 is 0 Å². The standard InChI is InChI=1S/C8H7BF3O2.K/c1-14-8-4-6(5-13)2-3-7(8)9(10,11)12;/h2-5H,1H3;/q-1;+1. The fourth-order valence-electron chi connectivity index (χ4n) is 1.07. The summed E-state index contributed by atoms with van der Waals surface area (Å²) in [6.07, 6.45) is 0.468. The van der Waals surface area contributed by atoms with Crippen LogP contribution in [0.25, 0.3) is 0 Å². The topological polar surface area (TPSA) is 26.3 Å². The van der Waals surface area contributed by atoms with E-state index in [1.807, 2.05) is 0 Å². The van der Waals surface area contributed by atoms with Gasteiger partial charge in [-0.2, -0.15) is 0 Å². The number of carbonyl (C=O) groups excluding carboxylic acids is 1. The third-order valence-electron chi connectivity index (χ3n) is 1.75. The van der Waals surface area contributed by atoms with Crippen molar-refractivity contribution in [3.8, 4) is 5.75 Å². The molecule has 1 rings (SSSR count). The molecule has 0 aliphatic rings. The molecule has 15 heavy (non-hydrogen) atoms. The Morgan fingerprint density at radius 1 is 1.33 bits per heavy atom. The average Bonchev–Trinajstić information content (AvgIpc) is 2.15. The van der Waals surface area contributed by atoms with Crippen molar-refractivity contribution in [2.45, 2.75) is 0 Å². The minimum absolute atomic E-state index is 0. The Labute approximate surface area is 128 Å². The van der Waals surface area contributed by atoms with Gasteiger partial charge in [0.1, 0.15) is 6.29 Å². The van der Waals surface area contributed by atoms with E-state index in [0.717, 1.165) is 25.3 Å². The molecule has 2 nitrogen and oxygen atoms in total. The van der Waals surface area contributed by atoms with E-state index >= 15 is 0 Å². The molecule has 0 bridgehead atoms. The molecule has 1 aromatic rings. The van der Waals surface area contributed by atoms with Gasteiger partial charge in [0.15, 0.2) is 0 Å². The minimum Gasteiger partial charge on any atom is -0.500 e. The van der Waals surface area contributed by atoms with Crippen molar-refractivity contribution in [3.05, 3.63) is 23.8 Å². The summed E-state index contributed by atoms with van der Waals surface area (Å²) < 4.78 is 41.6. The first-order valence-corrected chi connectivity index (χ1v) is 3.82. The van der Waals surface area contributed by atoms with Crippen LogP contribution in [-0.2, 0) is 0 Å². The first-order chi connectivity index (χ1) is 6.49. The minimum atomic E-state index is -5.10. The van der Waals surface area contributed by atoms with E-state index in [9.17, 15) is 17.7 Å². The van der Waals surface area contributed by atoms with E-state index < -0.39 is 12.4 Å². The maximum atomic E-state index is 12.4. The van der Waals surface area contributed by atoms with Gasteiger partial charge in [0.25, 0.3) is 0 Å². The van der Waals surface area contributed by atoms with Gasteiger partial charge in [-0.15, -0.1) is 0 Å². The van der Waals surface area contributed by atoms with Gasteiger partial charge in [-0.1, -0.05) is 17.6 Å². The van der Waals surface area contributed by atoms with E-state index in [4.69, 9.17) is 0 Å². The summed E-state index contributed by atoms with van der Waals surface area (Å²) in [6.45, 7) is -5.10. The second-order valence-corrected chi connectivity index (χ2v) is 2.69. The van der Waals surface area contributed by atoms with Crippen molar-refractivity contribution >= 4 is 18.7 Å². The summed E-state index contributed by atoms with van der Waals surface area (Å²) >= 11 is 0. The summed E-state index contributed by atoms with van der Waals surface area (Å²) in [5.74, 6) is -0.317. The zero-order valence-electron chi connectivity index (χ0n) is 8.34. The number of ether oxygens (including phenoxy) is 1. The third kappa shape index (κ3) is 3.92. The van der Waals surface area contributed by atoms with Gasteiger partial charge in [0, 0.05) is 5.56 Å². The van der Waals surface area contributed by atoms with Gasteiger partial charge >= 0.3 is 58.4 Å². The number of hydrogen-bond donors (Lipinski definition) is 0. The second kappa shape index (κ2) is 6.05. The summed E-state index contributed by atoms with van der Waals surface area (Å²) in [5.41, 5.74) is -0.663. The molecule has 76 valence electrons. The third-order valence-corrected chi connectivity index (χ3v) is 1.75. The number of methoxy groups -OCH3 is 1. The van der Waals surface area contributed by atoms with Gasteiger partial charge < -0.3 is 17.7 Å². The number of halogens is 3. The number of carbonyl (C=O) groups is 1. The van der Waals surface area contributed by atoms with Gasteiger partial charge in [-0.25, -0.2) is 0 Å². The second-order valence-electron chi connectivity index (χ2n) is 2.69. The molecule has 0 saturated heterocycles. The normalized spacial score (nSPS) is 10.4. The van der Waals surface area contributed by atoms with Crippen LogP contribution < -0.4 is 61.6 Å². The Morgan fingerprint density at radius 2 is 1.93 bits per heavy atom. The molecule has 0 heterocycles. The van der Waals surface area contributed by atoms with Crippen LogP contribution in [0.2, 0.25) is 0 Å². The van der Waals surface area contributed by atoms with E-state index in [1.165, 1.54) is 0 Å². The smallest absolute Gasteiger partial charge is 0.500 e. The molecule has 0 fully saturated rings. The number of benzene rings is 1. The van der Waals surface area contributed by atoms with Crippen molar-refractivity contribution in [2.24, 2.45) is 0 Å². The van der Waals surface area contributed by atoms with Gasteiger partial charge in [0.2, 0.25) is 0 Å². The quantitative estimate of drug-likeness (QED) is 0.479. The van der Waals surface area contributed by atoms with E-state index in [2.05, 4.69) is 4.74 Å². The van der Waals surface area contributed by atoms with E-state index in [-0.39, 0.29) is 62.7 Å². The first kappa shape index (κ1) is 15.2. The Balaban J connectivity index is 0.00000196. The first-order valence-electron chi connectivity index (χ1n) is 3.82. The SMILES string of the molecule is COc1cc(C=O)ccc1[B-](F)(F)F.[K+]. The molecule has 0 saturated carbocycles. The molecule has 0 spiro atoms. The van der Waals surface area contributed by atoms with Crippen molar-refractivity contribution in [3.63, 3.8) is 0 Å². The summed E-state index contributed by atoms with van der Waals surface area (Å²) in [6, 6.07) is 3.03. The molecule has 0 N–H and O–H groups in total. The van der Waals surface area contributed by atoms with Crippen LogP contribution in [0.3, 0.4) is 0 Å². The van der Waals surface area contributed by atoms with Crippen LogP contribution in [0.15, 0.2) is 18.2 Å². The molecule has 0 aliphatic carbocycles. The van der Waals surface area contributed by atoms with Gasteiger partial charge in [-0.05, 0) is 6.07 Å². The fraction of sp³-hybridized carbons (Fsp3) is 0.125. The Kier molecular flexibility index (Phi) is 6.12. The van der Waals surface area contributed by atoms with Crippen molar-refractivity contribution in [2.75, 3.05) is 7.11 Å². The van der Waals surface area contributed by atoms with E-state index in [1.54, 1.807) is 0 Å². The average molecular weight is 242 g/mol. The molecule has 0 unspecified atom stereocenters. The zero-order chi connectivity index (χ0) is 10.8. The maximum absolute atomic E-state index is 12.4. The molecule has 1 aromatic carbocycles. The van der Waals surface area contributed by atoms with Crippen molar-refractivity contribution in [1.82, 2.24) is 0 Å². The number of hydrogen-bond acceptors (Lipinski definition) is 2. The van der Waals surface area contributed by atoms with Crippen LogP contribution in [0.1, 0.15) is 10.4 Å².